The first-order chi connectivity index (χ1) is 11.6. The van der Waals surface area contributed by atoms with Crippen LogP contribution in [-0.4, -0.2) is 32.7 Å². The minimum atomic E-state index is -0.941. The maximum atomic E-state index is 10.7. The molecule has 2 heterocycles. The molecule has 0 unspecified atom stereocenters. The van der Waals surface area contributed by atoms with E-state index < -0.39 is 5.97 Å². The zero-order chi connectivity index (χ0) is 17.1. The second-order valence-corrected chi connectivity index (χ2v) is 6.69. The Hall–Kier alpha value is -2.58. The van der Waals surface area contributed by atoms with E-state index in [9.17, 15) is 9.90 Å². The maximum absolute atomic E-state index is 10.7. The second kappa shape index (κ2) is 6.90. The van der Waals surface area contributed by atoms with Crippen LogP contribution in [-0.2, 0) is 11.3 Å². The molecule has 0 spiro atoms. The number of carboxylic acid groups (broad SMARTS) is 1. The van der Waals surface area contributed by atoms with Gasteiger partial charge in [-0.25, -0.2) is 0 Å². The first-order valence-corrected chi connectivity index (χ1v) is 8.31. The monoisotopic (exact) mass is 359 g/mol. The number of carboxylic acids is 1. The summed E-state index contributed by atoms with van der Waals surface area (Å²) in [6, 6.07) is 9.61. The Balaban J connectivity index is 1.93. The summed E-state index contributed by atoms with van der Waals surface area (Å²) < 4.78 is 1.85. The highest BCUT2D eigenvalue weighted by atomic mass is 32.1. The molecule has 0 amide bonds. The normalized spacial score (nSPS) is 15.0. The second-order valence-electron chi connectivity index (χ2n) is 5.01. The van der Waals surface area contributed by atoms with Gasteiger partial charge in [-0.3, -0.25) is 9.36 Å². The van der Waals surface area contributed by atoms with Gasteiger partial charge >= 0.3 is 5.97 Å². The van der Waals surface area contributed by atoms with Gasteiger partial charge in [0.2, 0.25) is 5.88 Å². The molecule has 0 fully saturated rings. The number of rotatable bonds is 5. The minimum absolute atomic E-state index is 0.0357. The molecular weight excluding hydrogens is 346 g/mol. The highest BCUT2D eigenvalue weighted by Gasteiger charge is 2.16. The lowest BCUT2D eigenvalue weighted by atomic mass is 10.0. The van der Waals surface area contributed by atoms with Gasteiger partial charge in [-0.2, -0.15) is 5.10 Å². The number of aromatic hydroxyl groups is 1. The van der Waals surface area contributed by atoms with E-state index in [1.165, 1.54) is 15.9 Å². The molecule has 0 aliphatic carbocycles. The average molecular weight is 359 g/mol. The van der Waals surface area contributed by atoms with Crippen LogP contribution in [0.4, 0.5) is 0 Å². The van der Waals surface area contributed by atoms with E-state index in [2.05, 4.69) is 10.2 Å². The van der Waals surface area contributed by atoms with Crippen molar-refractivity contribution in [3.8, 4) is 5.88 Å². The van der Waals surface area contributed by atoms with E-state index in [1.54, 1.807) is 12.3 Å². The number of hydrogen-bond donors (Lipinski definition) is 2. The largest absolute Gasteiger partial charge is 0.493 e. The first kappa shape index (κ1) is 16.3. The number of hydrogen-bond acceptors (Lipinski definition) is 6. The lowest BCUT2D eigenvalue weighted by Gasteiger charge is -2.03. The fraction of sp³-hybridized carbons (Fsp3) is 0.125. The summed E-state index contributed by atoms with van der Waals surface area (Å²) in [6.45, 7) is 0.132. The highest BCUT2D eigenvalue weighted by Crippen LogP contribution is 2.29. The van der Waals surface area contributed by atoms with Gasteiger partial charge in [0.15, 0.2) is 3.95 Å². The van der Waals surface area contributed by atoms with Gasteiger partial charge < -0.3 is 10.2 Å². The standard InChI is InChI=1S/C16H13N3O3S2/c20-13(21)6-7-19-15(22)12(24-16(19)23)8-11-9-17-18-14(11)10-4-2-1-3-5-10/h1-5,8-9,22H,6-7H2,(H,20,21). The number of carbonyl (C=O) groups is 1. The van der Waals surface area contributed by atoms with Crippen molar-refractivity contribution in [1.29, 1.82) is 0 Å². The smallest absolute Gasteiger partial charge is 0.305 e. The summed E-state index contributed by atoms with van der Waals surface area (Å²) in [4.78, 5) is 11.3. The number of thiazole rings is 1. The first-order valence-electron chi connectivity index (χ1n) is 7.09. The van der Waals surface area contributed by atoms with Crippen molar-refractivity contribution in [1.82, 2.24) is 4.57 Å². The molecule has 24 heavy (non-hydrogen) atoms. The molecule has 1 aliphatic rings. The highest BCUT2D eigenvalue weighted by molar-refractivity contribution is 7.73. The van der Waals surface area contributed by atoms with E-state index in [0.29, 0.717) is 14.5 Å². The Morgan fingerprint density at radius 3 is 2.79 bits per heavy atom. The van der Waals surface area contributed by atoms with Crippen molar-refractivity contribution in [2.45, 2.75) is 13.0 Å². The lowest BCUT2D eigenvalue weighted by Crippen LogP contribution is -2.04. The van der Waals surface area contributed by atoms with Crippen LogP contribution < -0.4 is 0 Å². The van der Waals surface area contributed by atoms with E-state index in [-0.39, 0.29) is 18.8 Å². The topological polar surface area (TPSA) is 87.2 Å². The molecule has 1 aliphatic heterocycles. The Morgan fingerprint density at radius 2 is 2.08 bits per heavy atom. The van der Waals surface area contributed by atoms with Crippen molar-refractivity contribution >= 4 is 47.5 Å². The number of benzene rings is 1. The predicted molar refractivity (Wildman–Crippen MR) is 96.5 cm³/mol. The lowest BCUT2D eigenvalue weighted by molar-refractivity contribution is -0.137. The zero-order valence-corrected chi connectivity index (χ0v) is 14.0. The molecule has 6 nitrogen and oxygen atoms in total. The number of aliphatic carboxylic acids is 1. The molecule has 0 bridgehead atoms. The van der Waals surface area contributed by atoms with Crippen LogP contribution in [0.3, 0.4) is 0 Å². The van der Waals surface area contributed by atoms with Gasteiger partial charge in [0.25, 0.3) is 0 Å². The molecule has 2 aromatic rings. The predicted octanol–water partition coefficient (Wildman–Crippen LogP) is 3.33. The molecule has 0 saturated heterocycles. The molecule has 2 N–H and O–H groups in total. The third-order valence-electron chi connectivity index (χ3n) is 3.40. The molecule has 1 aromatic heterocycles. The van der Waals surface area contributed by atoms with Crippen LogP contribution in [0.15, 0.2) is 46.1 Å². The SMILES string of the molecule is O=C(O)CCn1c(O)c(C=C2C=NN=C2c2ccccc2)sc1=S. The van der Waals surface area contributed by atoms with Crippen molar-refractivity contribution < 1.29 is 15.0 Å². The van der Waals surface area contributed by atoms with E-state index in [4.69, 9.17) is 17.3 Å². The molecule has 0 saturated carbocycles. The van der Waals surface area contributed by atoms with Gasteiger partial charge in [0.05, 0.1) is 17.5 Å². The van der Waals surface area contributed by atoms with Crippen LogP contribution in [0, 0.1) is 3.95 Å². The van der Waals surface area contributed by atoms with Crippen LogP contribution >= 0.6 is 23.6 Å². The summed E-state index contributed by atoms with van der Waals surface area (Å²) in [7, 11) is 0. The van der Waals surface area contributed by atoms with Gasteiger partial charge in [-0.15, -0.1) is 16.4 Å². The molecule has 0 atom stereocenters. The maximum Gasteiger partial charge on any atom is 0.305 e. The molecular formula is C16H13N3O3S2. The summed E-state index contributed by atoms with van der Waals surface area (Å²) in [5.41, 5.74) is 2.40. The minimum Gasteiger partial charge on any atom is -0.493 e. The Morgan fingerprint density at radius 1 is 1.33 bits per heavy atom. The van der Waals surface area contributed by atoms with Crippen LogP contribution in [0.1, 0.15) is 16.9 Å². The van der Waals surface area contributed by atoms with Gasteiger partial charge in [-0.05, 0) is 18.3 Å². The summed E-state index contributed by atoms with van der Waals surface area (Å²) in [5.74, 6) is -0.977. The molecule has 1 aromatic carbocycles. The number of nitrogens with zero attached hydrogens (tertiary/aromatic N) is 3. The third-order valence-corrected chi connectivity index (χ3v) is 4.79. The Bertz CT molecular complexity index is 924. The third kappa shape index (κ3) is 3.34. The molecule has 122 valence electrons. The fourth-order valence-electron chi connectivity index (χ4n) is 2.25. The van der Waals surface area contributed by atoms with Crippen LogP contribution in [0.2, 0.25) is 0 Å². The summed E-state index contributed by atoms with van der Waals surface area (Å²) >= 11 is 6.43. The van der Waals surface area contributed by atoms with E-state index in [0.717, 1.165) is 11.1 Å². The molecule has 3 rings (SSSR count). The molecule has 8 heteroatoms. The van der Waals surface area contributed by atoms with Crippen molar-refractivity contribution in [2.75, 3.05) is 0 Å². The number of aromatic nitrogens is 1. The van der Waals surface area contributed by atoms with Crippen molar-refractivity contribution in [3.63, 3.8) is 0 Å². The molecule has 0 radical (unpaired) electrons. The van der Waals surface area contributed by atoms with Crippen molar-refractivity contribution in [3.05, 3.63) is 50.3 Å². The van der Waals surface area contributed by atoms with Gasteiger partial charge in [0, 0.05) is 17.7 Å². The average Bonchev–Trinajstić information content (AvgIpc) is 3.12. The van der Waals surface area contributed by atoms with Gasteiger partial charge in [0.1, 0.15) is 5.71 Å². The number of allylic oxidation sites excluding steroid dienone is 1. The van der Waals surface area contributed by atoms with Crippen LogP contribution in [0.25, 0.3) is 6.08 Å². The van der Waals surface area contributed by atoms with Gasteiger partial charge in [-0.1, -0.05) is 30.3 Å². The quantitative estimate of drug-likeness (QED) is 0.802. The Labute approximate surface area is 146 Å². The van der Waals surface area contributed by atoms with E-state index >= 15 is 0 Å². The van der Waals surface area contributed by atoms with E-state index in [1.807, 2.05) is 30.3 Å². The van der Waals surface area contributed by atoms with Crippen molar-refractivity contribution in [2.24, 2.45) is 10.2 Å². The fourth-order valence-corrected chi connectivity index (χ4v) is 3.56. The summed E-state index contributed by atoms with van der Waals surface area (Å²) in [6.07, 6.45) is 3.27. The van der Waals surface area contributed by atoms with Crippen LogP contribution in [0.5, 0.6) is 5.88 Å². The Kier molecular flexibility index (Phi) is 4.68. The summed E-state index contributed by atoms with van der Waals surface area (Å²) in [5, 5.41) is 27.2. The zero-order valence-electron chi connectivity index (χ0n) is 12.4.